The highest BCUT2D eigenvalue weighted by Gasteiger charge is 2.47. The van der Waals surface area contributed by atoms with Gasteiger partial charge in [0.05, 0.1) is 6.10 Å². The van der Waals surface area contributed by atoms with E-state index < -0.39 is 0 Å². The zero-order chi connectivity index (χ0) is 11.1. The van der Waals surface area contributed by atoms with Gasteiger partial charge in [-0.1, -0.05) is 20.8 Å². The van der Waals surface area contributed by atoms with Crippen LogP contribution >= 0.6 is 11.5 Å². The summed E-state index contributed by atoms with van der Waals surface area (Å²) in [5, 5.41) is 13.8. The summed E-state index contributed by atoms with van der Waals surface area (Å²) in [6.07, 6.45) is 1.47. The molecule has 2 N–H and O–H groups in total. The van der Waals surface area contributed by atoms with E-state index in [1.54, 1.807) is 0 Å². The van der Waals surface area contributed by atoms with Gasteiger partial charge in [0.15, 0.2) is 0 Å². The maximum absolute atomic E-state index is 9.60. The largest absolute Gasteiger partial charge is 0.392 e. The summed E-state index contributed by atoms with van der Waals surface area (Å²) >= 11 is 1.40. The monoisotopic (exact) mass is 227 g/mol. The molecule has 0 bridgehead atoms. The van der Waals surface area contributed by atoms with Gasteiger partial charge >= 0.3 is 0 Å². The number of hydrogen-bond donors (Lipinski definition) is 2. The van der Waals surface area contributed by atoms with E-state index in [0.29, 0.717) is 6.04 Å². The average molecular weight is 227 g/mol. The first-order valence-corrected chi connectivity index (χ1v) is 6.08. The Morgan fingerprint density at radius 1 is 1.60 bits per heavy atom. The van der Waals surface area contributed by atoms with Gasteiger partial charge in [-0.15, -0.1) is 0 Å². The predicted molar refractivity (Wildman–Crippen MR) is 61.1 cm³/mol. The average Bonchev–Trinajstić information content (AvgIpc) is 2.65. The fourth-order valence-corrected chi connectivity index (χ4v) is 2.46. The van der Waals surface area contributed by atoms with Gasteiger partial charge in [-0.05, 0) is 6.42 Å². The molecule has 84 valence electrons. The number of nitrogens with one attached hydrogen (secondary N) is 1. The maximum Gasteiger partial charge on any atom is 0.202 e. The van der Waals surface area contributed by atoms with Crippen LogP contribution in [0, 0.1) is 5.41 Å². The van der Waals surface area contributed by atoms with E-state index in [-0.39, 0.29) is 11.5 Å². The molecule has 15 heavy (non-hydrogen) atoms. The molecule has 2 atom stereocenters. The van der Waals surface area contributed by atoms with E-state index in [4.69, 9.17) is 0 Å². The molecule has 2 rings (SSSR count). The highest BCUT2D eigenvalue weighted by atomic mass is 32.1. The van der Waals surface area contributed by atoms with E-state index >= 15 is 0 Å². The summed E-state index contributed by atoms with van der Waals surface area (Å²) in [7, 11) is 0. The number of anilines is 1. The molecule has 1 fully saturated rings. The van der Waals surface area contributed by atoms with Gasteiger partial charge in [-0.25, -0.2) is 4.98 Å². The zero-order valence-electron chi connectivity index (χ0n) is 9.32. The Kier molecular flexibility index (Phi) is 2.68. The summed E-state index contributed by atoms with van der Waals surface area (Å²) in [4.78, 5) is 4.36. The molecule has 1 aliphatic rings. The van der Waals surface area contributed by atoms with Crippen molar-refractivity contribution in [1.82, 2.24) is 9.36 Å². The fourth-order valence-electron chi connectivity index (χ4n) is 1.75. The standard InChI is InChI=1S/C10H17N3OS/c1-4-8-12-9(15-13-8)11-6-5-7(14)10(6,2)3/h6-7,14H,4-5H2,1-3H3,(H,11,12,13). The number of nitrogens with zero attached hydrogens (tertiary/aromatic N) is 2. The van der Waals surface area contributed by atoms with Crippen molar-refractivity contribution in [2.24, 2.45) is 5.41 Å². The molecule has 0 aromatic carbocycles. The third kappa shape index (κ3) is 1.86. The predicted octanol–water partition coefficient (Wildman–Crippen LogP) is 1.67. The SMILES string of the molecule is CCc1nsc(NC2CC(O)C2(C)C)n1. The molecule has 1 saturated carbocycles. The molecule has 1 heterocycles. The Balaban J connectivity index is 1.98. The fraction of sp³-hybridized carbons (Fsp3) is 0.800. The molecular weight excluding hydrogens is 210 g/mol. The lowest BCUT2D eigenvalue weighted by Gasteiger charge is -2.49. The summed E-state index contributed by atoms with van der Waals surface area (Å²) in [6, 6.07) is 0.310. The van der Waals surface area contributed by atoms with Crippen LogP contribution in [0.4, 0.5) is 5.13 Å². The number of rotatable bonds is 3. The Bertz CT molecular complexity index is 350. The van der Waals surface area contributed by atoms with Crippen molar-refractivity contribution in [2.75, 3.05) is 5.32 Å². The van der Waals surface area contributed by atoms with Crippen molar-refractivity contribution in [2.45, 2.75) is 45.8 Å². The first kappa shape index (κ1) is 10.8. The zero-order valence-corrected chi connectivity index (χ0v) is 10.1. The molecule has 1 aromatic heterocycles. The van der Waals surface area contributed by atoms with Gasteiger partial charge in [-0.3, -0.25) is 0 Å². The Labute approximate surface area is 93.9 Å². The molecule has 0 amide bonds. The summed E-state index contributed by atoms with van der Waals surface area (Å²) < 4.78 is 4.22. The van der Waals surface area contributed by atoms with E-state index in [9.17, 15) is 5.11 Å². The van der Waals surface area contributed by atoms with E-state index in [1.807, 2.05) is 6.92 Å². The minimum Gasteiger partial charge on any atom is -0.392 e. The molecule has 0 saturated heterocycles. The number of aliphatic hydroxyl groups is 1. The van der Waals surface area contributed by atoms with Crippen molar-refractivity contribution in [3.63, 3.8) is 0 Å². The van der Waals surface area contributed by atoms with Gasteiger partial charge in [0.2, 0.25) is 5.13 Å². The number of aryl methyl sites for hydroxylation is 1. The Morgan fingerprint density at radius 2 is 2.33 bits per heavy atom. The minimum atomic E-state index is -0.200. The molecule has 1 aliphatic carbocycles. The molecular formula is C10H17N3OS. The Morgan fingerprint density at radius 3 is 2.80 bits per heavy atom. The van der Waals surface area contributed by atoms with Crippen LogP contribution in [0.1, 0.15) is 33.0 Å². The third-order valence-electron chi connectivity index (χ3n) is 3.30. The number of hydrogen-bond acceptors (Lipinski definition) is 5. The molecule has 0 spiro atoms. The van der Waals surface area contributed by atoms with Crippen LogP contribution in [0.15, 0.2) is 0 Å². The van der Waals surface area contributed by atoms with Crippen LogP contribution in [-0.2, 0) is 6.42 Å². The molecule has 2 unspecified atom stereocenters. The Hall–Kier alpha value is -0.680. The van der Waals surface area contributed by atoms with Gasteiger partial charge < -0.3 is 10.4 Å². The van der Waals surface area contributed by atoms with Crippen molar-refractivity contribution in [1.29, 1.82) is 0 Å². The molecule has 4 nitrogen and oxygen atoms in total. The van der Waals surface area contributed by atoms with E-state index in [2.05, 4.69) is 28.5 Å². The van der Waals surface area contributed by atoms with Gasteiger partial charge in [0, 0.05) is 29.4 Å². The van der Waals surface area contributed by atoms with Crippen LogP contribution in [0.3, 0.4) is 0 Å². The van der Waals surface area contributed by atoms with Crippen molar-refractivity contribution < 1.29 is 5.11 Å². The smallest absolute Gasteiger partial charge is 0.202 e. The van der Waals surface area contributed by atoms with Crippen molar-refractivity contribution in [3.8, 4) is 0 Å². The second-order valence-corrected chi connectivity index (χ2v) is 5.39. The topological polar surface area (TPSA) is 58.0 Å². The minimum absolute atomic E-state index is 0.0575. The highest BCUT2D eigenvalue weighted by molar-refractivity contribution is 7.09. The second-order valence-electron chi connectivity index (χ2n) is 4.64. The summed E-state index contributed by atoms with van der Waals surface area (Å²) in [5.41, 5.74) is -0.0575. The highest BCUT2D eigenvalue weighted by Crippen LogP contribution is 2.42. The second kappa shape index (κ2) is 3.72. The first-order valence-electron chi connectivity index (χ1n) is 5.31. The quantitative estimate of drug-likeness (QED) is 0.824. The molecule has 0 aliphatic heterocycles. The first-order chi connectivity index (χ1) is 7.04. The van der Waals surface area contributed by atoms with Crippen molar-refractivity contribution in [3.05, 3.63) is 5.82 Å². The van der Waals surface area contributed by atoms with Crippen LogP contribution in [0.5, 0.6) is 0 Å². The lowest BCUT2D eigenvalue weighted by Crippen LogP contribution is -2.56. The molecule has 5 heteroatoms. The van der Waals surface area contributed by atoms with Gasteiger partial charge in [-0.2, -0.15) is 4.37 Å². The van der Waals surface area contributed by atoms with Gasteiger partial charge in [0.1, 0.15) is 5.82 Å². The van der Waals surface area contributed by atoms with Crippen LogP contribution < -0.4 is 5.32 Å². The normalized spacial score (nSPS) is 28.5. The summed E-state index contributed by atoms with van der Waals surface area (Å²) in [6.45, 7) is 6.18. The number of aromatic nitrogens is 2. The third-order valence-corrected chi connectivity index (χ3v) is 3.98. The summed E-state index contributed by atoms with van der Waals surface area (Å²) in [5.74, 6) is 0.889. The van der Waals surface area contributed by atoms with Crippen LogP contribution in [0.25, 0.3) is 0 Å². The maximum atomic E-state index is 9.60. The van der Waals surface area contributed by atoms with Crippen molar-refractivity contribution >= 4 is 16.7 Å². The molecule has 0 radical (unpaired) electrons. The number of aliphatic hydroxyl groups excluding tert-OH is 1. The van der Waals surface area contributed by atoms with E-state index in [1.165, 1.54) is 11.5 Å². The van der Waals surface area contributed by atoms with Crippen LogP contribution in [-0.4, -0.2) is 26.6 Å². The lowest BCUT2D eigenvalue weighted by molar-refractivity contribution is -0.0510. The lowest BCUT2D eigenvalue weighted by atomic mass is 9.65. The van der Waals surface area contributed by atoms with Gasteiger partial charge in [0.25, 0.3) is 0 Å². The molecule has 1 aromatic rings. The van der Waals surface area contributed by atoms with Crippen LogP contribution in [0.2, 0.25) is 0 Å². The van der Waals surface area contributed by atoms with E-state index in [0.717, 1.165) is 23.8 Å².